The number of hydrogen-bond acceptors (Lipinski definition) is 3. The molecule has 0 radical (unpaired) electrons. The van der Waals surface area contributed by atoms with Gasteiger partial charge in [-0.25, -0.2) is 0 Å². The van der Waals surface area contributed by atoms with E-state index in [4.69, 9.17) is 4.74 Å². The Morgan fingerprint density at radius 3 is 1.83 bits per heavy atom. The standard InChI is InChI=1S/C45H34N2O/c1-45(2)36-24-13-15-26-39(36)47-42-37(45)30-29-35(32-19-8-4-9-20-32)44(42)48-41-28-16-27-40(43(41)47)46(33-21-10-5-11-22-33)38-25-14-12-23-34(38)31-17-6-3-7-18-31/h3-30H,1-2H3. The SMILES string of the molecule is CC1(C)c2ccccc2N2c3c(cccc3N(c3ccccc3)c3ccccc3-c3ccccc3)Oc3c(-c4ccccc4)ccc1c32. The Morgan fingerprint density at radius 1 is 0.479 bits per heavy atom. The van der Waals surface area contributed by atoms with Gasteiger partial charge < -0.3 is 14.5 Å². The molecule has 3 heteroatoms. The van der Waals surface area contributed by atoms with Crippen molar-refractivity contribution in [2.75, 3.05) is 9.80 Å². The molecule has 48 heavy (non-hydrogen) atoms. The number of rotatable bonds is 5. The number of benzene rings is 7. The topological polar surface area (TPSA) is 15.7 Å². The van der Waals surface area contributed by atoms with Crippen LogP contribution in [0, 0.1) is 0 Å². The first kappa shape index (κ1) is 28.2. The van der Waals surface area contributed by atoms with Crippen LogP contribution in [0.25, 0.3) is 22.3 Å². The molecule has 0 amide bonds. The smallest absolute Gasteiger partial charge is 0.159 e. The molecule has 9 rings (SSSR count). The van der Waals surface area contributed by atoms with Gasteiger partial charge in [-0.1, -0.05) is 147 Å². The van der Waals surface area contributed by atoms with Crippen molar-refractivity contribution in [3.05, 3.63) is 181 Å². The monoisotopic (exact) mass is 618 g/mol. The van der Waals surface area contributed by atoms with Crippen LogP contribution in [0.2, 0.25) is 0 Å². The molecule has 0 bridgehead atoms. The summed E-state index contributed by atoms with van der Waals surface area (Å²) in [6.07, 6.45) is 0. The highest BCUT2D eigenvalue weighted by molar-refractivity contribution is 6.03. The second kappa shape index (κ2) is 11.0. The van der Waals surface area contributed by atoms with Crippen LogP contribution >= 0.6 is 0 Å². The second-order valence-electron chi connectivity index (χ2n) is 13.0. The van der Waals surface area contributed by atoms with Crippen molar-refractivity contribution in [1.82, 2.24) is 0 Å². The lowest BCUT2D eigenvalue weighted by molar-refractivity contribution is 0.473. The van der Waals surface area contributed by atoms with Crippen molar-refractivity contribution >= 4 is 34.1 Å². The predicted octanol–water partition coefficient (Wildman–Crippen LogP) is 12.7. The fourth-order valence-electron chi connectivity index (χ4n) is 7.56. The highest BCUT2D eigenvalue weighted by atomic mass is 16.5. The Labute approximate surface area is 281 Å². The molecule has 0 atom stereocenters. The van der Waals surface area contributed by atoms with Crippen LogP contribution in [0.5, 0.6) is 11.5 Å². The van der Waals surface area contributed by atoms with Crippen molar-refractivity contribution < 1.29 is 4.74 Å². The Balaban J connectivity index is 1.35. The molecule has 2 aliphatic rings. The zero-order chi connectivity index (χ0) is 32.2. The summed E-state index contributed by atoms with van der Waals surface area (Å²) in [7, 11) is 0. The number of hydrogen-bond donors (Lipinski definition) is 0. The van der Waals surface area contributed by atoms with Gasteiger partial charge in [0.25, 0.3) is 0 Å². The molecule has 0 aliphatic carbocycles. The number of fused-ring (bicyclic) bond motifs is 4. The number of anilines is 6. The van der Waals surface area contributed by atoms with E-state index in [9.17, 15) is 0 Å². The van der Waals surface area contributed by atoms with Crippen molar-refractivity contribution in [2.45, 2.75) is 19.3 Å². The van der Waals surface area contributed by atoms with Gasteiger partial charge in [-0.15, -0.1) is 0 Å². The van der Waals surface area contributed by atoms with E-state index < -0.39 is 0 Å². The van der Waals surface area contributed by atoms with Crippen LogP contribution in [0.15, 0.2) is 170 Å². The first-order chi connectivity index (χ1) is 23.6. The summed E-state index contributed by atoms with van der Waals surface area (Å²) in [5, 5.41) is 0. The third-order valence-electron chi connectivity index (χ3n) is 9.83. The van der Waals surface area contributed by atoms with Gasteiger partial charge in [-0.2, -0.15) is 0 Å². The van der Waals surface area contributed by atoms with Crippen LogP contribution in [0.3, 0.4) is 0 Å². The minimum Gasteiger partial charge on any atom is -0.452 e. The van der Waals surface area contributed by atoms with Gasteiger partial charge in [0.05, 0.1) is 22.7 Å². The zero-order valence-corrected chi connectivity index (χ0v) is 27.0. The van der Waals surface area contributed by atoms with Gasteiger partial charge in [-0.05, 0) is 58.7 Å². The molecule has 0 aromatic heterocycles. The van der Waals surface area contributed by atoms with E-state index in [1.165, 1.54) is 22.4 Å². The summed E-state index contributed by atoms with van der Waals surface area (Å²) >= 11 is 0. The summed E-state index contributed by atoms with van der Waals surface area (Å²) in [4.78, 5) is 4.85. The quantitative estimate of drug-likeness (QED) is 0.191. The summed E-state index contributed by atoms with van der Waals surface area (Å²) in [5.74, 6) is 1.71. The average Bonchev–Trinajstić information content (AvgIpc) is 3.15. The molecule has 2 aliphatic heterocycles. The number of nitrogens with zero attached hydrogens (tertiary/aromatic N) is 2. The first-order valence-electron chi connectivity index (χ1n) is 16.5. The third kappa shape index (κ3) is 4.28. The lowest BCUT2D eigenvalue weighted by atomic mass is 9.72. The van der Waals surface area contributed by atoms with Gasteiger partial charge >= 0.3 is 0 Å². The summed E-state index contributed by atoms with van der Waals surface area (Å²) in [6.45, 7) is 4.66. The Hall–Kier alpha value is -6.06. The summed E-state index contributed by atoms with van der Waals surface area (Å²) < 4.78 is 7.13. The van der Waals surface area contributed by atoms with E-state index in [-0.39, 0.29) is 5.41 Å². The minimum atomic E-state index is -0.235. The van der Waals surface area contributed by atoms with Crippen LogP contribution < -0.4 is 14.5 Å². The lowest BCUT2D eigenvalue weighted by Crippen LogP contribution is -2.33. The van der Waals surface area contributed by atoms with Gasteiger partial charge in [0.2, 0.25) is 0 Å². The highest BCUT2D eigenvalue weighted by Crippen LogP contribution is 2.64. The lowest BCUT2D eigenvalue weighted by Gasteiger charge is -2.46. The highest BCUT2D eigenvalue weighted by Gasteiger charge is 2.43. The molecular formula is C45H34N2O. The van der Waals surface area contributed by atoms with E-state index >= 15 is 0 Å². The van der Waals surface area contributed by atoms with Crippen LogP contribution in [-0.2, 0) is 5.41 Å². The van der Waals surface area contributed by atoms with E-state index in [1.54, 1.807) is 0 Å². The second-order valence-corrected chi connectivity index (χ2v) is 13.0. The molecule has 230 valence electrons. The van der Waals surface area contributed by atoms with Crippen LogP contribution in [0.1, 0.15) is 25.0 Å². The van der Waals surface area contributed by atoms with E-state index in [2.05, 4.69) is 194 Å². The molecule has 0 unspecified atom stereocenters. The maximum Gasteiger partial charge on any atom is 0.159 e. The van der Waals surface area contributed by atoms with E-state index in [1.807, 2.05) is 0 Å². The molecule has 0 saturated carbocycles. The Morgan fingerprint density at radius 2 is 1.08 bits per heavy atom. The van der Waals surface area contributed by atoms with Gasteiger partial charge in [-0.3, -0.25) is 0 Å². The predicted molar refractivity (Wildman–Crippen MR) is 199 cm³/mol. The number of para-hydroxylation sites is 4. The molecule has 3 nitrogen and oxygen atoms in total. The van der Waals surface area contributed by atoms with Crippen molar-refractivity contribution in [3.8, 4) is 33.8 Å². The fourth-order valence-corrected chi connectivity index (χ4v) is 7.56. The molecule has 2 heterocycles. The maximum atomic E-state index is 7.13. The van der Waals surface area contributed by atoms with Crippen molar-refractivity contribution in [1.29, 1.82) is 0 Å². The average molecular weight is 619 g/mol. The zero-order valence-electron chi connectivity index (χ0n) is 27.0. The molecule has 0 fully saturated rings. The minimum absolute atomic E-state index is 0.235. The van der Waals surface area contributed by atoms with E-state index in [0.717, 1.165) is 56.6 Å². The Bertz CT molecular complexity index is 2290. The first-order valence-corrected chi connectivity index (χ1v) is 16.5. The summed E-state index contributed by atoms with van der Waals surface area (Å²) in [6, 6.07) is 60.4. The molecule has 7 aromatic carbocycles. The largest absolute Gasteiger partial charge is 0.452 e. The van der Waals surface area contributed by atoms with E-state index in [0.29, 0.717) is 0 Å². The fraction of sp³-hybridized carbons (Fsp3) is 0.0667. The van der Waals surface area contributed by atoms with Gasteiger partial charge in [0.15, 0.2) is 11.5 Å². The number of ether oxygens (including phenoxy) is 1. The van der Waals surface area contributed by atoms with Crippen molar-refractivity contribution in [2.24, 2.45) is 0 Å². The van der Waals surface area contributed by atoms with Crippen LogP contribution in [-0.4, -0.2) is 0 Å². The normalized spacial score (nSPS) is 13.5. The molecule has 0 N–H and O–H groups in total. The van der Waals surface area contributed by atoms with Crippen molar-refractivity contribution in [3.63, 3.8) is 0 Å². The third-order valence-corrected chi connectivity index (χ3v) is 9.83. The van der Waals surface area contributed by atoms with Crippen LogP contribution in [0.4, 0.5) is 34.1 Å². The van der Waals surface area contributed by atoms with Gasteiger partial charge in [0, 0.05) is 22.2 Å². The molecule has 7 aromatic rings. The molecule has 0 spiro atoms. The molecule has 0 saturated heterocycles. The maximum absolute atomic E-state index is 7.13. The summed E-state index contributed by atoms with van der Waals surface area (Å²) in [5.41, 5.74) is 13.3. The Kier molecular flexibility index (Phi) is 6.48. The van der Waals surface area contributed by atoms with Gasteiger partial charge in [0.1, 0.15) is 5.69 Å². The molecular weight excluding hydrogens is 585 g/mol.